The third-order valence-electron chi connectivity index (χ3n) is 4.93. The second kappa shape index (κ2) is 13.3. The zero-order valence-electron chi connectivity index (χ0n) is 16.5. The smallest absolute Gasteiger partial charge is 0.191 e. The van der Waals surface area contributed by atoms with Gasteiger partial charge in [-0.2, -0.15) is 0 Å². The Bertz CT molecular complexity index is 511. The molecule has 0 atom stereocenters. The molecule has 1 aliphatic rings. The molecule has 1 heterocycles. The van der Waals surface area contributed by atoms with E-state index in [0.717, 1.165) is 51.9 Å². The first-order valence-electron chi connectivity index (χ1n) is 9.57. The van der Waals surface area contributed by atoms with Gasteiger partial charge in [0.2, 0.25) is 0 Å². The molecule has 0 aliphatic carbocycles. The summed E-state index contributed by atoms with van der Waals surface area (Å²) in [6, 6.07) is 8.87. The van der Waals surface area contributed by atoms with E-state index >= 15 is 0 Å². The van der Waals surface area contributed by atoms with Gasteiger partial charge in [0.25, 0.3) is 0 Å². The summed E-state index contributed by atoms with van der Waals surface area (Å²) in [6.45, 7) is 11.0. The van der Waals surface area contributed by atoms with Crippen molar-refractivity contribution in [2.24, 2.45) is 10.9 Å². The summed E-state index contributed by atoms with van der Waals surface area (Å²) in [5, 5.41) is 6.83. The van der Waals surface area contributed by atoms with Gasteiger partial charge in [-0.15, -0.1) is 24.0 Å². The fourth-order valence-electron chi connectivity index (χ4n) is 3.00. The molecule has 0 bridgehead atoms. The average molecular weight is 474 g/mol. The number of hydrogen-bond acceptors (Lipinski definition) is 3. The Kier molecular flexibility index (Phi) is 11.9. The number of ether oxygens (including phenoxy) is 1. The van der Waals surface area contributed by atoms with E-state index in [-0.39, 0.29) is 24.0 Å². The van der Waals surface area contributed by atoms with E-state index in [2.05, 4.69) is 58.6 Å². The Morgan fingerprint density at radius 2 is 1.69 bits per heavy atom. The third kappa shape index (κ3) is 8.22. The third-order valence-corrected chi connectivity index (χ3v) is 4.93. The minimum atomic E-state index is 0. The molecule has 2 N–H and O–H groups in total. The van der Waals surface area contributed by atoms with Crippen LogP contribution in [0.4, 0.5) is 0 Å². The zero-order valence-corrected chi connectivity index (χ0v) is 18.8. The Labute approximate surface area is 176 Å². The first kappa shape index (κ1) is 23.2. The number of halogens is 1. The molecule has 0 aromatic heterocycles. The molecule has 1 fully saturated rings. The lowest BCUT2D eigenvalue weighted by Crippen LogP contribution is -2.39. The molecule has 2 rings (SSSR count). The van der Waals surface area contributed by atoms with Crippen molar-refractivity contribution in [2.75, 3.05) is 39.9 Å². The summed E-state index contributed by atoms with van der Waals surface area (Å²) in [7, 11) is 1.83. The molecule has 1 aromatic carbocycles. The molecular formula is C20H35IN4O. The summed E-state index contributed by atoms with van der Waals surface area (Å²) in [6.07, 6.45) is 2.40. The first-order valence-corrected chi connectivity index (χ1v) is 9.57. The molecule has 0 spiro atoms. The lowest BCUT2D eigenvalue weighted by Gasteiger charge is -2.26. The maximum Gasteiger partial charge on any atom is 0.191 e. The molecular weight excluding hydrogens is 439 g/mol. The van der Waals surface area contributed by atoms with Gasteiger partial charge in [0.1, 0.15) is 0 Å². The number of aliphatic imine (C=N–C) groups is 1. The molecule has 5 nitrogen and oxygen atoms in total. The van der Waals surface area contributed by atoms with Crippen LogP contribution in [0.1, 0.15) is 37.8 Å². The van der Waals surface area contributed by atoms with Crippen molar-refractivity contribution < 1.29 is 4.74 Å². The van der Waals surface area contributed by atoms with Gasteiger partial charge < -0.3 is 15.4 Å². The quantitative estimate of drug-likeness (QED) is 0.345. The molecule has 0 saturated carbocycles. The second-order valence-electron chi connectivity index (χ2n) is 6.69. The largest absolute Gasteiger partial charge is 0.379 e. The van der Waals surface area contributed by atoms with Crippen LogP contribution in [0.2, 0.25) is 0 Å². The van der Waals surface area contributed by atoms with Gasteiger partial charge in [-0.3, -0.25) is 9.89 Å². The maximum absolute atomic E-state index is 5.40. The van der Waals surface area contributed by atoms with Gasteiger partial charge in [-0.25, -0.2) is 0 Å². The average Bonchev–Trinajstić information content (AvgIpc) is 2.67. The molecule has 1 saturated heterocycles. The molecule has 148 valence electrons. The summed E-state index contributed by atoms with van der Waals surface area (Å²) in [5.41, 5.74) is 2.64. The number of hydrogen-bond donors (Lipinski definition) is 2. The number of rotatable bonds is 8. The van der Waals surface area contributed by atoms with Crippen LogP contribution in [0.5, 0.6) is 0 Å². The van der Waals surface area contributed by atoms with Crippen molar-refractivity contribution in [3.05, 3.63) is 35.4 Å². The zero-order chi connectivity index (χ0) is 17.9. The van der Waals surface area contributed by atoms with Crippen LogP contribution in [-0.2, 0) is 17.8 Å². The number of nitrogens with zero attached hydrogens (tertiary/aromatic N) is 2. The van der Waals surface area contributed by atoms with Crippen LogP contribution in [0.15, 0.2) is 29.3 Å². The molecule has 1 aliphatic heterocycles. The van der Waals surface area contributed by atoms with Gasteiger partial charge in [0.15, 0.2) is 5.96 Å². The van der Waals surface area contributed by atoms with Gasteiger partial charge in [0.05, 0.1) is 13.2 Å². The second-order valence-corrected chi connectivity index (χ2v) is 6.69. The predicted octanol–water partition coefficient (Wildman–Crippen LogP) is 3.24. The minimum absolute atomic E-state index is 0. The van der Waals surface area contributed by atoms with Crippen LogP contribution in [0.25, 0.3) is 0 Å². The predicted molar refractivity (Wildman–Crippen MR) is 120 cm³/mol. The van der Waals surface area contributed by atoms with Crippen LogP contribution in [0, 0.1) is 5.92 Å². The van der Waals surface area contributed by atoms with Crippen molar-refractivity contribution >= 4 is 29.9 Å². The van der Waals surface area contributed by atoms with E-state index in [1.165, 1.54) is 24.0 Å². The Balaban J connectivity index is 0.00000338. The minimum Gasteiger partial charge on any atom is -0.379 e. The summed E-state index contributed by atoms with van der Waals surface area (Å²) >= 11 is 0. The van der Waals surface area contributed by atoms with Crippen LogP contribution >= 0.6 is 24.0 Å². The lowest BCUT2D eigenvalue weighted by atomic mass is 10.0. The highest BCUT2D eigenvalue weighted by Crippen LogP contribution is 2.09. The standard InChI is InChI=1S/C20H34N4O.HI/c1-4-17(5-2)14-22-20(21-3)23-15-18-6-8-19(9-7-18)16-24-10-12-25-13-11-24;/h6-9,17H,4-5,10-16H2,1-3H3,(H2,21,22,23);1H. The fourth-order valence-corrected chi connectivity index (χ4v) is 3.00. The molecule has 6 heteroatoms. The van der Waals surface area contributed by atoms with Gasteiger partial charge in [0, 0.05) is 39.8 Å². The van der Waals surface area contributed by atoms with Crippen LogP contribution < -0.4 is 10.6 Å². The number of guanidine groups is 1. The summed E-state index contributed by atoms with van der Waals surface area (Å²) < 4.78 is 5.40. The van der Waals surface area contributed by atoms with Crippen molar-refractivity contribution in [3.63, 3.8) is 0 Å². The maximum atomic E-state index is 5.40. The fraction of sp³-hybridized carbons (Fsp3) is 0.650. The topological polar surface area (TPSA) is 48.9 Å². The summed E-state index contributed by atoms with van der Waals surface area (Å²) in [5.74, 6) is 1.59. The highest BCUT2D eigenvalue weighted by atomic mass is 127. The highest BCUT2D eigenvalue weighted by Gasteiger charge is 2.10. The summed E-state index contributed by atoms with van der Waals surface area (Å²) in [4.78, 5) is 6.76. The molecule has 0 unspecified atom stereocenters. The van der Waals surface area contributed by atoms with Gasteiger partial charge >= 0.3 is 0 Å². The van der Waals surface area contributed by atoms with E-state index in [0.29, 0.717) is 5.92 Å². The van der Waals surface area contributed by atoms with Gasteiger partial charge in [-0.1, -0.05) is 51.0 Å². The SMILES string of the molecule is CCC(CC)CNC(=NC)NCc1ccc(CN2CCOCC2)cc1.I. The van der Waals surface area contributed by atoms with E-state index in [9.17, 15) is 0 Å². The molecule has 1 aromatic rings. The molecule has 0 radical (unpaired) electrons. The van der Waals surface area contributed by atoms with E-state index in [1.807, 2.05) is 7.05 Å². The Hall–Kier alpha value is -0.860. The van der Waals surface area contributed by atoms with Crippen molar-refractivity contribution in [1.82, 2.24) is 15.5 Å². The lowest BCUT2D eigenvalue weighted by molar-refractivity contribution is 0.0342. The number of benzene rings is 1. The molecule has 0 amide bonds. The highest BCUT2D eigenvalue weighted by molar-refractivity contribution is 14.0. The first-order chi connectivity index (χ1) is 12.2. The Morgan fingerprint density at radius 3 is 2.27 bits per heavy atom. The van der Waals surface area contributed by atoms with Crippen LogP contribution in [0.3, 0.4) is 0 Å². The number of nitrogens with one attached hydrogen (secondary N) is 2. The number of morpholine rings is 1. The van der Waals surface area contributed by atoms with E-state index in [4.69, 9.17) is 4.74 Å². The van der Waals surface area contributed by atoms with E-state index < -0.39 is 0 Å². The van der Waals surface area contributed by atoms with Crippen molar-refractivity contribution in [3.8, 4) is 0 Å². The normalized spacial score (nSPS) is 15.6. The molecule has 26 heavy (non-hydrogen) atoms. The van der Waals surface area contributed by atoms with Crippen molar-refractivity contribution in [1.29, 1.82) is 0 Å². The van der Waals surface area contributed by atoms with Crippen LogP contribution in [-0.4, -0.2) is 50.8 Å². The Morgan fingerprint density at radius 1 is 1.08 bits per heavy atom. The monoisotopic (exact) mass is 474 g/mol. The van der Waals surface area contributed by atoms with E-state index in [1.54, 1.807) is 0 Å². The van der Waals surface area contributed by atoms with Crippen molar-refractivity contribution in [2.45, 2.75) is 39.8 Å². The van der Waals surface area contributed by atoms with Gasteiger partial charge in [-0.05, 0) is 17.0 Å².